The first kappa shape index (κ1) is 41.0. The van der Waals surface area contributed by atoms with Crippen LogP contribution in [0.5, 0.6) is 5.75 Å². The average Bonchev–Trinajstić information content (AvgIpc) is 3.04. The number of nitrogens with one attached hydrogen (secondary N) is 4. The van der Waals surface area contributed by atoms with Crippen LogP contribution in [0.1, 0.15) is 52.2 Å². The molecule has 8 N–H and O–H groups in total. The molecule has 0 heterocycles. The number of nitrogens with zero attached hydrogens (tertiary/aromatic N) is 1. The molecule has 0 saturated carbocycles. The van der Waals surface area contributed by atoms with Crippen molar-refractivity contribution in [2.45, 2.75) is 83.6 Å². The molecule has 0 bridgehead atoms. The van der Waals surface area contributed by atoms with Crippen molar-refractivity contribution in [3.63, 3.8) is 0 Å². The minimum absolute atomic E-state index is 0.0178. The van der Waals surface area contributed by atoms with Crippen LogP contribution in [-0.4, -0.2) is 87.5 Å². The lowest BCUT2D eigenvalue weighted by Crippen LogP contribution is -2.62. The van der Waals surface area contributed by atoms with Gasteiger partial charge in [0, 0.05) is 25.2 Å². The van der Waals surface area contributed by atoms with E-state index in [1.807, 2.05) is 18.7 Å². The molecule has 0 aliphatic rings. The van der Waals surface area contributed by atoms with Crippen molar-refractivity contribution in [3.05, 3.63) is 85.0 Å². The molecule has 0 aliphatic carbocycles. The van der Waals surface area contributed by atoms with E-state index in [0.717, 1.165) is 5.56 Å². The summed E-state index contributed by atoms with van der Waals surface area (Å²) < 4.78 is 0. The number of carboxylic acid groups (broad SMARTS) is 1. The van der Waals surface area contributed by atoms with Crippen LogP contribution in [0.2, 0.25) is 0 Å². The third-order valence-electron chi connectivity index (χ3n) is 7.95. The molecule has 2 aromatic rings. The van der Waals surface area contributed by atoms with Gasteiger partial charge in [0.05, 0.1) is 6.04 Å². The van der Waals surface area contributed by atoms with E-state index in [4.69, 9.17) is 5.73 Å². The Morgan fingerprint density at radius 1 is 0.800 bits per heavy atom. The molecule has 272 valence electrons. The highest BCUT2D eigenvalue weighted by molar-refractivity contribution is 5.96. The number of nitrogens with two attached hydrogens (primary N) is 1. The van der Waals surface area contributed by atoms with Crippen molar-refractivity contribution >= 4 is 35.3 Å². The van der Waals surface area contributed by atoms with Crippen molar-refractivity contribution in [2.75, 3.05) is 18.8 Å². The van der Waals surface area contributed by atoms with E-state index >= 15 is 0 Å². The minimum atomic E-state index is -1.47. The summed E-state index contributed by atoms with van der Waals surface area (Å²) in [6.45, 7) is 16.4. The van der Waals surface area contributed by atoms with E-state index in [9.17, 15) is 34.2 Å². The Bertz CT molecular complexity index is 1480. The quantitative estimate of drug-likeness (QED) is 0.0803. The first-order valence-corrected chi connectivity index (χ1v) is 16.5. The summed E-state index contributed by atoms with van der Waals surface area (Å²) in [5.74, 6) is -3.62. The van der Waals surface area contributed by atoms with Gasteiger partial charge in [0.25, 0.3) is 0 Å². The van der Waals surface area contributed by atoms with Gasteiger partial charge in [-0.25, -0.2) is 4.79 Å². The number of hydrogen-bond acceptors (Lipinski definition) is 8. The fraction of sp³-hybridized carbons (Fsp3) is 0.432. The molecule has 0 saturated heterocycles. The van der Waals surface area contributed by atoms with Gasteiger partial charge in [-0.2, -0.15) is 0 Å². The highest BCUT2D eigenvalue weighted by atomic mass is 16.4. The Balaban J connectivity index is 2.21. The van der Waals surface area contributed by atoms with Gasteiger partial charge >= 0.3 is 5.97 Å². The second-order valence-corrected chi connectivity index (χ2v) is 13.3. The Kier molecular flexibility index (Phi) is 15.7. The molecule has 0 aromatic heterocycles. The van der Waals surface area contributed by atoms with Crippen LogP contribution in [-0.2, 0) is 36.8 Å². The van der Waals surface area contributed by atoms with E-state index in [0.29, 0.717) is 24.3 Å². The Hall–Kier alpha value is -5.17. The lowest BCUT2D eigenvalue weighted by atomic mass is 9.99. The standard InChI is InChI=1S/C37H52N6O7/c1-8-18-43(19-9-2)31(22-26-12-16-28(44)17-13-26)34(47)42-37(6,7)36(50)39-24(5)32(45)40-29(21-25-10-14-27(38)15-11-25)33(46)41-30(35(48)49)20-23(3)4/h8-17,23-24,29-31,44H,1-2,18-22,38H2,3-7H3,(H,39,50)(H,40,45)(H,41,46)(H,42,47)(H,48,49)/t24?,29-,30-,31-/m0/s1. The second-order valence-electron chi connectivity index (χ2n) is 13.3. The van der Waals surface area contributed by atoms with Crippen LogP contribution in [0, 0.1) is 5.92 Å². The third-order valence-corrected chi connectivity index (χ3v) is 7.95. The molecule has 4 atom stereocenters. The number of carbonyl (C=O) groups is 5. The number of carbonyl (C=O) groups excluding carboxylic acids is 4. The molecule has 0 fully saturated rings. The molecule has 1 unspecified atom stereocenters. The molecule has 13 nitrogen and oxygen atoms in total. The number of aromatic hydroxyl groups is 1. The van der Waals surface area contributed by atoms with Crippen LogP contribution in [0.25, 0.3) is 0 Å². The number of anilines is 1. The maximum atomic E-state index is 13.7. The molecule has 0 radical (unpaired) electrons. The van der Waals surface area contributed by atoms with Gasteiger partial charge in [0.2, 0.25) is 23.6 Å². The second kappa shape index (κ2) is 19.1. The fourth-order valence-corrected chi connectivity index (χ4v) is 5.15. The SMILES string of the molecule is C=CCN(CC=C)[C@@H](Cc1ccc(O)cc1)C(=O)NC(C)(C)C(=O)NC(C)C(=O)N[C@@H](Cc1ccc(N)cc1)C(=O)N[C@@H](CC(C)C)C(=O)O. The highest BCUT2D eigenvalue weighted by Crippen LogP contribution is 2.16. The monoisotopic (exact) mass is 692 g/mol. The molecule has 4 amide bonds. The maximum absolute atomic E-state index is 13.7. The van der Waals surface area contributed by atoms with Crippen molar-refractivity contribution in [1.29, 1.82) is 0 Å². The Morgan fingerprint density at radius 2 is 1.32 bits per heavy atom. The Morgan fingerprint density at radius 3 is 1.84 bits per heavy atom. The molecule has 2 rings (SSSR count). The van der Waals surface area contributed by atoms with Crippen molar-refractivity contribution in [1.82, 2.24) is 26.2 Å². The van der Waals surface area contributed by atoms with Gasteiger partial charge < -0.3 is 37.2 Å². The largest absolute Gasteiger partial charge is 0.508 e. The van der Waals surface area contributed by atoms with E-state index in [2.05, 4.69) is 34.4 Å². The number of nitrogen functional groups attached to an aromatic ring is 1. The average molecular weight is 693 g/mol. The number of rotatable bonds is 20. The van der Waals surface area contributed by atoms with E-state index < -0.39 is 59.3 Å². The fourth-order valence-electron chi connectivity index (χ4n) is 5.15. The molecule has 2 aromatic carbocycles. The van der Waals surface area contributed by atoms with Gasteiger partial charge in [0.1, 0.15) is 29.4 Å². The predicted molar refractivity (Wildman–Crippen MR) is 193 cm³/mol. The summed E-state index contributed by atoms with van der Waals surface area (Å²) in [4.78, 5) is 67.6. The first-order chi connectivity index (χ1) is 23.5. The lowest BCUT2D eigenvalue weighted by molar-refractivity contribution is -0.142. The predicted octanol–water partition coefficient (Wildman–Crippen LogP) is 2.30. The van der Waals surface area contributed by atoms with E-state index in [-0.39, 0.29) is 30.9 Å². The van der Waals surface area contributed by atoms with Gasteiger partial charge in [-0.3, -0.25) is 24.1 Å². The van der Waals surface area contributed by atoms with Gasteiger partial charge in [-0.15, -0.1) is 13.2 Å². The lowest BCUT2D eigenvalue weighted by Gasteiger charge is -2.33. The molecular formula is C37H52N6O7. The summed E-state index contributed by atoms with van der Waals surface area (Å²) in [5, 5.41) is 30.0. The van der Waals surface area contributed by atoms with E-state index in [1.54, 1.807) is 48.6 Å². The smallest absolute Gasteiger partial charge is 0.326 e. The molecule has 0 aliphatic heterocycles. The van der Waals surface area contributed by atoms with Gasteiger partial charge in [-0.05, 0) is 74.9 Å². The molecule has 50 heavy (non-hydrogen) atoms. The van der Waals surface area contributed by atoms with Crippen LogP contribution < -0.4 is 27.0 Å². The zero-order valence-electron chi connectivity index (χ0n) is 29.6. The van der Waals surface area contributed by atoms with Crippen LogP contribution in [0.15, 0.2) is 73.8 Å². The highest BCUT2D eigenvalue weighted by Gasteiger charge is 2.36. The summed E-state index contributed by atoms with van der Waals surface area (Å²) in [6.07, 6.45) is 3.80. The number of carboxylic acids is 1. The topological polar surface area (TPSA) is 203 Å². The van der Waals surface area contributed by atoms with Crippen molar-refractivity contribution in [3.8, 4) is 5.75 Å². The number of phenolic OH excluding ortho intramolecular Hbond substituents is 1. The molecule has 13 heteroatoms. The number of phenols is 1. The number of hydrogen-bond donors (Lipinski definition) is 7. The van der Waals surface area contributed by atoms with Gasteiger partial charge in [-0.1, -0.05) is 50.3 Å². The summed E-state index contributed by atoms with van der Waals surface area (Å²) in [5.41, 5.74) is 6.28. The number of benzene rings is 2. The molecular weight excluding hydrogens is 640 g/mol. The third kappa shape index (κ3) is 13.0. The van der Waals surface area contributed by atoms with Crippen molar-refractivity contribution in [2.24, 2.45) is 5.92 Å². The van der Waals surface area contributed by atoms with Crippen LogP contribution in [0.3, 0.4) is 0 Å². The number of amides is 4. The summed E-state index contributed by atoms with van der Waals surface area (Å²) in [7, 11) is 0. The normalized spacial score (nSPS) is 13.7. The summed E-state index contributed by atoms with van der Waals surface area (Å²) >= 11 is 0. The van der Waals surface area contributed by atoms with Gasteiger partial charge in [0.15, 0.2) is 0 Å². The van der Waals surface area contributed by atoms with Crippen molar-refractivity contribution < 1.29 is 34.2 Å². The zero-order chi connectivity index (χ0) is 37.6. The maximum Gasteiger partial charge on any atom is 0.326 e. The van der Waals surface area contributed by atoms with E-state index in [1.165, 1.54) is 32.9 Å². The van der Waals surface area contributed by atoms with Crippen LogP contribution in [0.4, 0.5) is 5.69 Å². The Labute approximate surface area is 294 Å². The summed E-state index contributed by atoms with van der Waals surface area (Å²) in [6, 6.07) is 8.94. The molecule has 0 spiro atoms. The van der Waals surface area contributed by atoms with Crippen LogP contribution >= 0.6 is 0 Å². The zero-order valence-corrected chi connectivity index (χ0v) is 29.6. The number of aliphatic carboxylic acids is 1. The minimum Gasteiger partial charge on any atom is -0.508 e. The first-order valence-electron chi connectivity index (χ1n) is 16.5.